The molecule has 0 amide bonds. The molecule has 0 saturated carbocycles. The minimum atomic E-state index is -0.0877. The van der Waals surface area contributed by atoms with Gasteiger partial charge in [0.05, 0.1) is 6.33 Å². The van der Waals surface area contributed by atoms with E-state index in [9.17, 15) is 4.79 Å². The van der Waals surface area contributed by atoms with Crippen molar-refractivity contribution in [2.45, 2.75) is 13.5 Å². The van der Waals surface area contributed by atoms with Gasteiger partial charge in [-0.15, -0.1) is 0 Å². The second kappa shape index (κ2) is 4.04. The Morgan fingerprint density at radius 3 is 3.00 bits per heavy atom. The van der Waals surface area contributed by atoms with E-state index in [1.807, 2.05) is 11.5 Å². The monoisotopic (exact) mass is 201 g/mol. The van der Waals surface area contributed by atoms with Crippen molar-refractivity contribution in [3.8, 4) is 0 Å². The van der Waals surface area contributed by atoms with Crippen LogP contribution in [0.1, 0.15) is 23.0 Å². The molecule has 0 aliphatic rings. The van der Waals surface area contributed by atoms with E-state index in [0.717, 1.165) is 6.54 Å². The number of carbonyl (C=O) groups is 1. The zero-order chi connectivity index (χ0) is 10.7. The number of hydrogen-bond donors (Lipinski definition) is 0. The van der Waals surface area contributed by atoms with Gasteiger partial charge in [-0.3, -0.25) is 9.78 Å². The minimum absolute atomic E-state index is 0.0877. The molecule has 0 spiro atoms. The maximum absolute atomic E-state index is 11.9. The molecule has 4 nitrogen and oxygen atoms in total. The van der Waals surface area contributed by atoms with Gasteiger partial charge in [0, 0.05) is 30.7 Å². The molecule has 2 aromatic rings. The third-order valence-corrected chi connectivity index (χ3v) is 2.15. The zero-order valence-electron chi connectivity index (χ0n) is 8.42. The molecule has 0 unspecified atom stereocenters. The SMILES string of the molecule is CCn1cnc(C(=O)c2cccnc2)c1. The predicted molar refractivity (Wildman–Crippen MR) is 55.6 cm³/mol. The molecule has 0 N–H and O–H groups in total. The highest BCUT2D eigenvalue weighted by Gasteiger charge is 2.11. The summed E-state index contributed by atoms with van der Waals surface area (Å²) in [6.45, 7) is 2.81. The second-order valence-corrected chi connectivity index (χ2v) is 3.16. The maximum atomic E-state index is 11.9. The van der Waals surface area contributed by atoms with Crippen LogP contribution < -0.4 is 0 Å². The van der Waals surface area contributed by atoms with Crippen LogP contribution in [0.4, 0.5) is 0 Å². The summed E-state index contributed by atoms with van der Waals surface area (Å²) >= 11 is 0. The van der Waals surface area contributed by atoms with Crippen LogP contribution in [0.25, 0.3) is 0 Å². The first-order valence-electron chi connectivity index (χ1n) is 4.77. The van der Waals surface area contributed by atoms with Crippen LogP contribution in [0.2, 0.25) is 0 Å². The van der Waals surface area contributed by atoms with E-state index in [1.54, 1.807) is 37.1 Å². The Hall–Kier alpha value is -1.97. The first kappa shape index (κ1) is 9.58. The summed E-state index contributed by atoms with van der Waals surface area (Å²) in [5.41, 5.74) is 1.03. The number of rotatable bonds is 3. The van der Waals surface area contributed by atoms with Gasteiger partial charge in [-0.05, 0) is 19.1 Å². The molecular formula is C11H11N3O. The van der Waals surface area contributed by atoms with Gasteiger partial charge in [0.25, 0.3) is 0 Å². The van der Waals surface area contributed by atoms with Crippen LogP contribution in [0.3, 0.4) is 0 Å². The summed E-state index contributed by atoms with van der Waals surface area (Å²) in [7, 11) is 0. The van der Waals surface area contributed by atoms with Crippen molar-refractivity contribution in [2.75, 3.05) is 0 Å². The smallest absolute Gasteiger partial charge is 0.214 e. The first-order chi connectivity index (χ1) is 7.31. The van der Waals surface area contributed by atoms with Crippen LogP contribution in [0.15, 0.2) is 37.1 Å². The number of ketones is 1. The van der Waals surface area contributed by atoms with Gasteiger partial charge >= 0.3 is 0 Å². The van der Waals surface area contributed by atoms with Crippen molar-refractivity contribution >= 4 is 5.78 Å². The third kappa shape index (κ3) is 1.93. The molecule has 0 bridgehead atoms. The number of hydrogen-bond acceptors (Lipinski definition) is 3. The van der Waals surface area contributed by atoms with Crippen LogP contribution in [0, 0.1) is 0 Å². The molecule has 0 atom stereocenters. The van der Waals surface area contributed by atoms with Crippen molar-refractivity contribution in [3.05, 3.63) is 48.3 Å². The topological polar surface area (TPSA) is 47.8 Å². The molecule has 4 heteroatoms. The highest BCUT2D eigenvalue weighted by molar-refractivity contribution is 6.07. The van der Waals surface area contributed by atoms with Gasteiger partial charge in [0.2, 0.25) is 5.78 Å². The Kier molecular flexibility index (Phi) is 2.58. The molecule has 76 valence electrons. The number of aromatic nitrogens is 3. The van der Waals surface area contributed by atoms with E-state index in [2.05, 4.69) is 9.97 Å². The zero-order valence-corrected chi connectivity index (χ0v) is 8.42. The highest BCUT2D eigenvalue weighted by atomic mass is 16.1. The summed E-state index contributed by atoms with van der Waals surface area (Å²) < 4.78 is 1.86. The molecule has 0 radical (unpaired) electrons. The Labute approximate surface area is 87.6 Å². The quantitative estimate of drug-likeness (QED) is 0.707. The average molecular weight is 201 g/mol. The summed E-state index contributed by atoms with van der Waals surface area (Å²) in [4.78, 5) is 19.8. The summed E-state index contributed by atoms with van der Waals surface area (Å²) in [6, 6.07) is 3.48. The van der Waals surface area contributed by atoms with Crippen LogP contribution >= 0.6 is 0 Å². The number of aryl methyl sites for hydroxylation is 1. The Morgan fingerprint density at radius 2 is 2.40 bits per heavy atom. The lowest BCUT2D eigenvalue weighted by Crippen LogP contribution is -2.01. The molecular weight excluding hydrogens is 190 g/mol. The van der Waals surface area contributed by atoms with Gasteiger partial charge in [-0.1, -0.05) is 0 Å². The van der Waals surface area contributed by atoms with Crippen LogP contribution in [0.5, 0.6) is 0 Å². The van der Waals surface area contributed by atoms with E-state index >= 15 is 0 Å². The Bertz CT molecular complexity index is 462. The molecule has 0 fully saturated rings. The number of carbonyl (C=O) groups excluding carboxylic acids is 1. The molecule has 2 heterocycles. The number of imidazole rings is 1. The average Bonchev–Trinajstić information content (AvgIpc) is 2.78. The van der Waals surface area contributed by atoms with Gasteiger partial charge < -0.3 is 4.57 Å². The van der Waals surface area contributed by atoms with E-state index in [4.69, 9.17) is 0 Å². The van der Waals surface area contributed by atoms with E-state index in [1.165, 1.54) is 0 Å². The molecule has 2 rings (SSSR count). The lowest BCUT2D eigenvalue weighted by molar-refractivity contribution is 0.103. The van der Waals surface area contributed by atoms with E-state index in [-0.39, 0.29) is 5.78 Å². The van der Waals surface area contributed by atoms with Gasteiger partial charge in [0.1, 0.15) is 5.69 Å². The fraction of sp³-hybridized carbons (Fsp3) is 0.182. The lowest BCUT2D eigenvalue weighted by Gasteiger charge is -1.95. The predicted octanol–water partition coefficient (Wildman–Crippen LogP) is 1.53. The van der Waals surface area contributed by atoms with Crippen molar-refractivity contribution in [3.63, 3.8) is 0 Å². The van der Waals surface area contributed by atoms with Gasteiger partial charge in [-0.25, -0.2) is 4.98 Å². The fourth-order valence-corrected chi connectivity index (χ4v) is 1.30. The molecule has 0 aliphatic heterocycles. The summed E-state index contributed by atoms with van der Waals surface area (Å²) in [5, 5.41) is 0. The van der Waals surface area contributed by atoms with Crippen LogP contribution in [-0.4, -0.2) is 20.3 Å². The Balaban J connectivity index is 2.29. The molecule has 0 saturated heterocycles. The first-order valence-corrected chi connectivity index (χ1v) is 4.77. The third-order valence-electron chi connectivity index (χ3n) is 2.15. The fourth-order valence-electron chi connectivity index (χ4n) is 1.30. The number of nitrogens with zero attached hydrogens (tertiary/aromatic N) is 3. The van der Waals surface area contributed by atoms with Crippen LogP contribution in [-0.2, 0) is 6.54 Å². The standard InChI is InChI=1S/C11H11N3O/c1-2-14-7-10(13-8-14)11(15)9-4-3-5-12-6-9/h3-8H,2H2,1H3. The molecule has 0 aromatic carbocycles. The van der Waals surface area contributed by atoms with Gasteiger partial charge in [-0.2, -0.15) is 0 Å². The van der Waals surface area contributed by atoms with E-state index < -0.39 is 0 Å². The van der Waals surface area contributed by atoms with Crippen molar-refractivity contribution in [1.29, 1.82) is 0 Å². The minimum Gasteiger partial charge on any atom is -0.337 e. The summed E-state index contributed by atoms with van der Waals surface area (Å²) in [5.74, 6) is -0.0877. The highest BCUT2D eigenvalue weighted by Crippen LogP contribution is 2.06. The Morgan fingerprint density at radius 1 is 1.53 bits per heavy atom. The molecule has 2 aromatic heterocycles. The van der Waals surface area contributed by atoms with Crippen molar-refractivity contribution in [2.24, 2.45) is 0 Å². The maximum Gasteiger partial charge on any atom is 0.214 e. The largest absolute Gasteiger partial charge is 0.337 e. The molecule has 15 heavy (non-hydrogen) atoms. The van der Waals surface area contributed by atoms with Crippen molar-refractivity contribution < 1.29 is 4.79 Å². The van der Waals surface area contributed by atoms with Gasteiger partial charge in [0.15, 0.2) is 0 Å². The second-order valence-electron chi connectivity index (χ2n) is 3.16. The lowest BCUT2D eigenvalue weighted by atomic mass is 10.1. The molecule has 0 aliphatic carbocycles. The van der Waals surface area contributed by atoms with E-state index in [0.29, 0.717) is 11.3 Å². The summed E-state index contributed by atoms with van der Waals surface area (Å²) in [6.07, 6.45) is 6.59. The normalized spacial score (nSPS) is 10.2. The number of pyridine rings is 1. The van der Waals surface area contributed by atoms with Crippen molar-refractivity contribution in [1.82, 2.24) is 14.5 Å².